The van der Waals surface area contributed by atoms with Gasteiger partial charge in [-0.15, -0.1) is 0 Å². The number of halogens is 2. The molecular weight excluding hydrogens is 405 g/mol. The average molecular weight is 420 g/mol. The molecule has 0 fully saturated rings. The monoisotopic (exact) mass is 419 g/mol. The average Bonchev–Trinajstić information content (AvgIpc) is 2.65. The Kier molecular flexibility index (Phi) is 5.95. The van der Waals surface area contributed by atoms with Crippen molar-refractivity contribution in [3.05, 3.63) is 99.8 Å². The van der Waals surface area contributed by atoms with E-state index in [9.17, 15) is 13.2 Å². The van der Waals surface area contributed by atoms with Gasteiger partial charge in [-0.1, -0.05) is 53.5 Å². The normalized spacial score (nSPS) is 11.5. The van der Waals surface area contributed by atoms with E-state index < -0.39 is 26.6 Å². The summed E-state index contributed by atoms with van der Waals surface area (Å²) in [6.45, 7) is 0. The molecule has 0 radical (unpaired) electrons. The summed E-state index contributed by atoms with van der Waals surface area (Å²) >= 11 is 11.9. The second kappa shape index (κ2) is 8.21. The van der Waals surface area contributed by atoms with Crippen molar-refractivity contribution in [2.45, 2.75) is 5.25 Å². The molecule has 0 saturated carbocycles. The van der Waals surface area contributed by atoms with Crippen LogP contribution in [0.1, 0.15) is 26.9 Å². The molecule has 1 heterocycles. The highest BCUT2D eigenvalue weighted by molar-refractivity contribution is 7.92. The number of rotatable bonds is 6. The Hall–Kier alpha value is -2.21. The predicted molar refractivity (Wildman–Crippen MR) is 107 cm³/mol. The number of carbonyl (C=O) groups is 1. The summed E-state index contributed by atoms with van der Waals surface area (Å²) in [6, 6.07) is 17.9. The Morgan fingerprint density at radius 1 is 0.852 bits per heavy atom. The minimum Gasteiger partial charge on any atom is -0.291 e. The maximum Gasteiger partial charge on any atom is 0.196 e. The van der Waals surface area contributed by atoms with Crippen molar-refractivity contribution in [3.8, 4) is 0 Å². The number of hydrogen-bond acceptors (Lipinski definition) is 4. The first-order valence-corrected chi connectivity index (χ1v) is 10.5. The Balaban J connectivity index is 2.02. The molecule has 0 unspecified atom stereocenters. The number of ketones is 1. The van der Waals surface area contributed by atoms with Crippen molar-refractivity contribution in [2.75, 3.05) is 5.75 Å². The highest BCUT2D eigenvalue weighted by Gasteiger charge is 2.31. The van der Waals surface area contributed by atoms with Gasteiger partial charge in [0.1, 0.15) is 16.7 Å². The van der Waals surface area contributed by atoms with E-state index in [-0.39, 0.29) is 5.69 Å². The molecule has 0 atom stereocenters. The topological polar surface area (TPSA) is 64.1 Å². The fourth-order valence-electron chi connectivity index (χ4n) is 2.75. The van der Waals surface area contributed by atoms with Crippen LogP contribution in [0.25, 0.3) is 0 Å². The largest absolute Gasteiger partial charge is 0.291 e. The van der Waals surface area contributed by atoms with Gasteiger partial charge in [-0.05, 0) is 47.5 Å². The minimum atomic E-state index is -3.88. The SMILES string of the molecule is O=C(CS(=O)(=O)C(c1ccc(Cl)cc1)c1ccc(Cl)cc1)c1ccccn1. The van der Waals surface area contributed by atoms with Gasteiger partial charge in [0, 0.05) is 16.2 Å². The fraction of sp³-hybridized carbons (Fsp3) is 0.100. The van der Waals surface area contributed by atoms with Crippen LogP contribution in [-0.2, 0) is 9.84 Å². The number of carbonyl (C=O) groups excluding carboxylic acids is 1. The van der Waals surface area contributed by atoms with Gasteiger partial charge in [-0.25, -0.2) is 8.42 Å². The van der Waals surface area contributed by atoms with Crippen LogP contribution >= 0.6 is 23.2 Å². The minimum absolute atomic E-state index is 0.118. The van der Waals surface area contributed by atoms with E-state index in [1.807, 2.05) is 0 Å². The Morgan fingerprint density at radius 2 is 1.37 bits per heavy atom. The van der Waals surface area contributed by atoms with E-state index in [1.165, 1.54) is 12.3 Å². The van der Waals surface area contributed by atoms with Crippen LogP contribution in [0.3, 0.4) is 0 Å². The van der Waals surface area contributed by atoms with E-state index in [0.29, 0.717) is 21.2 Å². The van der Waals surface area contributed by atoms with Crippen LogP contribution in [-0.4, -0.2) is 24.9 Å². The molecule has 3 rings (SSSR count). The lowest BCUT2D eigenvalue weighted by Gasteiger charge is -2.18. The summed E-state index contributed by atoms with van der Waals surface area (Å²) < 4.78 is 26.3. The molecule has 0 saturated heterocycles. The first-order chi connectivity index (χ1) is 12.9. The van der Waals surface area contributed by atoms with Crippen molar-refractivity contribution in [1.82, 2.24) is 4.98 Å². The molecule has 138 valence electrons. The summed E-state index contributed by atoms with van der Waals surface area (Å²) in [6.07, 6.45) is 1.45. The van der Waals surface area contributed by atoms with Crippen LogP contribution < -0.4 is 0 Å². The molecule has 0 aliphatic heterocycles. The molecule has 0 spiro atoms. The summed E-state index contributed by atoms with van der Waals surface area (Å²) in [7, 11) is -3.88. The van der Waals surface area contributed by atoms with Crippen LogP contribution in [0.4, 0.5) is 0 Å². The third-order valence-electron chi connectivity index (χ3n) is 3.99. The number of benzene rings is 2. The maximum absolute atomic E-state index is 13.2. The van der Waals surface area contributed by atoms with Gasteiger partial charge in [-0.3, -0.25) is 9.78 Å². The van der Waals surface area contributed by atoms with Crippen molar-refractivity contribution in [1.29, 1.82) is 0 Å². The van der Waals surface area contributed by atoms with Crippen LogP contribution in [0.15, 0.2) is 72.9 Å². The molecule has 0 N–H and O–H groups in total. The molecule has 0 aliphatic carbocycles. The highest BCUT2D eigenvalue weighted by atomic mass is 35.5. The highest BCUT2D eigenvalue weighted by Crippen LogP contribution is 2.32. The van der Waals surface area contributed by atoms with Crippen molar-refractivity contribution < 1.29 is 13.2 Å². The fourth-order valence-corrected chi connectivity index (χ4v) is 4.83. The van der Waals surface area contributed by atoms with E-state index in [0.717, 1.165) is 0 Å². The predicted octanol–water partition coefficient (Wildman–Crippen LogP) is 4.78. The molecule has 1 aromatic heterocycles. The first-order valence-electron chi connectivity index (χ1n) is 8.03. The van der Waals surface area contributed by atoms with Crippen LogP contribution in [0.2, 0.25) is 10.0 Å². The number of pyridine rings is 1. The van der Waals surface area contributed by atoms with Crippen molar-refractivity contribution in [2.24, 2.45) is 0 Å². The molecule has 7 heteroatoms. The smallest absolute Gasteiger partial charge is 0.196 e. The molecule has 2 aromatic carbocycles. The summed E-state index contributed by atoms with van der Waals surface area (Å²) in [5.41, 5.74) is 1.16. The lowest BCUT2D eigenvalue weighted by atomic mass is 10.0. The van der Waals surface area contributed by atoms with Gasteiger partial charge in [0.05, 0.1) is 0 Å². The van der Waals surface area contributed by atoms with Crippen LogP contribution in [0, 0.1) is 0 Å². The van der Waals surface area contributed by atoms with Gasteiger partial charge in [-0.2, -0.15) is 0 Å². The van der Waals surface area contributed by atoms with E-state index in [1.54, 1.807) is 60.7 Å². The summed E-state index contributed by atoms with van der Waals surface area (Å²) in [5, 5.41) is -0.0224. The maximum atomic E-state index is 13.2. The summed E-state index contributed by atoms with van der Waals surface area (Å²) in [5.74, 6) is -1.21. The quantitative estimate of drug-likeness (QED) is 0.539. The third kappa shape index (κ3) is 4.75. The Morgan fingerprint density at radius 3 is 1.81 bits per heavy atom. The molecule has 0 bridgehead atoms. The zero-order chi connectivity index (χ0) is 19.4. The lowest BCUT2D eigenvalue weighted by Crippen LogP contribution is -2.24. The Bertz CT molecular complexity index is 989. The molecule has 3 aromatic rings. The van der Waals surface area contributed by atoms with Crippen LogP contribution in [0.5, 0.6) is 0 Å². The zero-order valence-electron chi connectivity index (χ0n) is 14.0. The van der Waals surface area contributed by atoms with Gasteiger partial charge < -0.3 is 0 Å². The van der Waals surface area contributed by atoms with E-state index in [2.05, 4.69) is 4.98 Å². The molecule has 4 nitrogen and oxygen atoms in total. The number of nitrogens with zero attached hydrogens (tertiary/aromatic N) is 1. The van der Waals surface area contributed by atoms with Gasteiger partial charge >= 0.3 is 0 Å². The number of sulfone groups is 1. The molecule has 0 amide bonds. The van der Waals surface area contributed by atoms with E-state index >= 15 is 0 Å². The van der Waals surface area contributed by atoms with Gasteiger partial charge in [0.15, 0.2) is 15.6 Å². The van der Waals surface area contributed by atoms with Gasteiger partial charge in [0.25, 0.3) is 0 Å². The third-order valence-corrected chi connectivity index (χ3v) is 6.42. The second-order valence-electron chi connectivity index (χ2n) is 5.93. The lowest BCUT2D eigenvalue weighted by molar-refractivity contribution is 0.101. The first kappa shape index (κ1) is 19.5. The molecule has 27 heavy (non-hydrogen) atoms. The Labute approximate surface area is 167 Å². The van der Waals surface area contributed by atoms with E-state index in [4.69, 9.17) is 23.2 Å². The summed E-state index contributed by atoms with van der Waals surface area (Å²) in [4.78, 5) is 16.4. The number of Topliss-reactive ketones (excluding diaryl/α,β-unsaturated/α-hetero) is 1. The number of aromatic nitrogens is 1. The van der Waals surface area contributed by atoms with Crippen molar-refractivity contribution in [3.63, 3.8) is 0 Å². The zero-order valence-corrected chi connectivity index (χ0v) is 16.4. The number of hydrogen-bond donors (Lipinski definition) is 0. The molecule has 0 aliphatic rings. The standard InChI is InChI=1S/C20H15Cl2NO3S/c21-16-8-4-14(5-9-16)20(15-6-10-17(22)11-7-15)27(25,26)13-19(24)18-3-1-2-12-23-18/h1-12,20H,13H2. The van der Waals surface area contributed by atoms with Crippen molar-refractivity contribution >= 4 is 38.8 Å². The second-order valence-corrected chi connectivity index (χ2v) is 8.89. The van der Waals surface area contributed by atoms with Gasteiger partial charge in [0.2, 0.25) is 0 Å². The molecular formula is C20H15Cl2NO3S.